The second kappa shape index (κ2) is 9.22. The van der Waals surface area contributed by atoms with Crippen molar-refractivity contribution in [2.24, 2.45) is 0 Å². The Balaban J connectivity index is 1.59. The minimum atomic E-state index is -0.553. The molecule has 0 amide bonds. The third-order valence-corrected chi connectivity index (χ3v) is 4.35. The molecule has 0 radical (unpaired) electrons. The lowest BCUT2D eigenvalue weighted by Crippen LogP contribution is -3.10. The first-order chi connectivity index (χ1) is 12.7. The van der Waals surface area contributed by atoms with E-state index >= 15 is 0 Å². The van der Waals surface area contributed by atoms with Crippen LogP contribution in [0.25, 0.3) is 0 Å². The molecule has 26 heavy (non-hydrogen) atoms. The van der Waals surface area contributed by atoms with Crippen molar-refractivity contribution in [3.8, 4) is 5.75 Å². The lowest BCUT2D eigenvalue weighted by Gasteiger charge is -2.22. The maximum absolute atomic E-state index is 10.5. The zero-order chi connectivity index (χ0) is 18.2. The SMILES string of the molecule is Cc1ccccc1OC[C@@H](O)C[NH+](Cc1ccccc1)Cc1ccco1. The molecule has 3 rings (SSSR count). The van der Waals surface area contributed by atoms with Gasteiger partial charge in [0.05, 0.1) is 6.26 Å². The van der Waals surface area contributed by atoms with Gasteiger partial charge in [0.15, 0.2) is 5.76 Å². The van der Waals surface area contributed by atoms with Gasteiger partial charge >= 0.3 is 0 Å². The van der Waals surface area contributed by atoms with Crippen molar-refractivity contribution >= 4 is 0 Å². The fraction of sp³-hybridized carbons (Fsp3) is 0.273. The van der Waals surface area contributed by atoms with Crippen molar-refractivity contribution < 1.29 is 19.2 Å². The second-order valence-electron chi connectivity index (χ2n) is 6.60. The predicted octanol–water partition coefficient (Wildman–Crippen LogP) is 2.61. The molecule has 0 spiro atoms. The molecule has 0 aliphatic carbocycles. The van der Waals surface area contributed by atoms with Gasteiger partial charge in [0.1, 0.15) is 38.1 Å². The summed E-state index contributed by atoms with van der Waals surface area (Å²) in [6, 6.07) is 22.0. The molecule has 1 heterocycles. The van der Waals surface area contributed by atoms with Gasteiger partial charge in [-0.3, -0.25) is 0 Å². The zero-order valence-electron chi connectivity index (χ0n) is 15.1. The standard InChI is InChI=1S/C22H25NO3/c1-18-8-5-6-12-22(18)26-17-20(24)15-23(16-21-11-7-13-25-21)14-19-9-3-2-4-10-19/h2-13,20,24H,14-17H2,1H3/p+1/t20-/m0/s1. The summed E-state index contributed by atoms with van der Waals surface area (Å²) in [6.07, 6.45) is 1.14. The van der Waals surface area contributed by atoms with E-state index in [1.807, 2.05) is 61.5 Å². The van der Waals surface area contributed by atoms with E-state index in [-0.39, 0.29) is 6.61 Å². The molecule has 2 atom stereocenters. The highest BCUT2D eigenvalue weighted by Crippen LogP contribution is 2.16. The topological polar surface area (TPSA) is 47.0 Å². The normalized spacial score (nSPS) is 13.3. The average molecular weight is 352 g/mol. The van der Waals surface area contributed by atoms with E-state index in [0.29, 0.717) is 6.54 Å². The molecule has 2 aromatic carbocycles. The number of hydrogen-bond donors (Lipinski definition) is 2. The van der Waals surface area contributed by atoms with Crippen LogP contribution in [0.15, 0.2) is 77.4 Å². The molecular weight excluding hydrogens is 326 g/mol. The molecule has 0 aliphatic heterocycles. The van der Waals surface area contributed by atoms with Crippen LogP contribution < -0.4 is 9.64 Å². The summed E-state index contributed by atoms with van der Waals surface area (Å²) in [5, 5.41) is 10.5. The summed E-state index contributed by atoms with van der Waals surface area (Å²) in [5.41, 5.74) is 2.31. The second-order valence-corrected chi connectivity index (χ2v) is 6.60. The van der Waals surface area contributed by atoms with E-state index in [9.17, 15) is 5.11 Å². The van der Waals surface area contributed by atoms with Crippen molar-refractivity contribution in [1.82, 2.24) is 0 Å². The molecular formula is C22H26NO3+. The molecule has 0 aliphatic rings. The highest BCUT2D eigenvalue weighted by atomic mass is 16.5. The minimum absolute atomic E-state index is 0.279. The van der Waals surface area contributed by atoms with Crippen molar-refractivity contribution in [3.05, 3.63) is 89.9 Å². The summed E-state index contributed by atoms with van der Waals surface area (Å²) in [5.74, 6) is 1.74. The van der Waals surface area contributed by atoms with Crippen LogP contribution in [0.2, 0.25) is 0 Å². The molecule has 0 saturated carbocycles. The molecule has 4 heteroatoms. The van der Waals surface area contributed by atoms with Crippen molar-refractivity contribution in [3.63, 3.8) is 0 Å². The maximum Gasteiger partial charge on any atom is 0.157 e. The lowest BCUT2D eigenvalue weighted by atomic mass is 10.2. The Hall–Kier alpha value is -2.56. The van der Waals surface area contributed by atoms with Crippen LogP contribution in [0.4, 0.5) is 0 Å². The highest BCUT2D eigenvalue weighted by molar-refractivity contribution is 5.31. The number of furan rings is 1. The van der Waals surface area contributed by atoms with E-state index in [1.165, 1.54) is 10.5 Å². The predicted molar refractivity (Wildman–Crippen MR) is 101 cm³/mol. The Morgan fingerprint density at radius 3 is 2.46 bits per heavy atom. The van der Waals surface area contributed by atoms with Crippen LogP contribution in [-0.4, -0.2) is 24.4 Å². The summed E-state index contributed by atoms with van der Waals surface area (Å²) in [4.78, 5) is 1.23. The lowest BCUT2D eigenvalue weighted by molar-refractivity contribution is -0.931. The molecule has 0 bridgehead atoms. The van der Waals surface area contributed by atoms with Gasteiger partial charge in [-0.15, -0.1) is 0 Å². The first-order valence-electron chi connectivity index (χ1n) is 8.97. The molecule has 0 fully saturated rings. The van der Waals surface area contributed by atoms with Gasteiger partial charge in [0, 0.05) is 5.56 Å². The molecule has 2 N–H and O–H groups in total. The largest absolute Gasteiger partial charge is 0.490 e. The fourth-order valence-electron chi connectivity index (χ4n) is 3.05. The van der Waals surface area contributed by atoms with E-state index in [1.54, 1.807) is 6.26 Å². The van der Waals surface area contributed by atoms with Crippen LogP contribution in [0.3, 0.4) is 0 Å². The van der Waals surface area contributed by atoms with E-state index < -0.39 is 6.10 Å². The summed E-state index contributed by atoms with van der Waals surface area (Å²) in [6.45, 7) is 4.42. The van der Waals surface area contributed by atoms with Gasteiger partial charge in [-0.05, 0) is 30.7 Å². The monoisotopic (exact) mass is 352 g/mol. The zero-order valence-corrected chi connectivity index (χ0v) is 15.1. The number of aliphatic hydroxyl groups excluding tert-OH is 1. The first-order valence-corrected chi connectivity index (χ1v) is 8.97. The van der Waals surface area contributed by atoms with Gasteiger partial charge in [-0.1, -0.05) is 48.5 Å². The van der Waals surface area contributed by atoms with Gasteiger partial charge in [-0.25, -0.2) is 0 Å². The molecule has 136 valence electrons. The number of hydrogen-bond acceptors (Lipinski definition) is 3. The number of aryl methyl sites for hydroxylation is 1. The smallest absolute Gasteiger partial charge is 0.157 e. The Morgan fingerprint density at radius 1 is 0.962 bits per heavy atom. The number of rotatable bonds is 9. The summed E-state index contributed by atoms with van der Waals surface area (Å²) < 4.78 is 11.3. The Morgan fingerprint density at radius 2 is 1.73 bits per heavy atom. The van der Waals surface area contributed by atoms with Crippen LogP contribution in [0.1, 0.15) is 16.9 Å². The highest BCUT2D eigenvalue weighted by Gasteiger charge is 2.18. The summed E-state index contributed by atoms with van der Waals surface area (Å²) in [7, 11) is 0. The number of quaternary nitrogens is 1. The van der Waals surface area contributed by atoms with E-state index in [2.05, 4.69) is 12.1 Å². The number of para-hydroxylation sites is 1. The van der Waals surface area contributed by atoms with Gasteiger partial charge in [0.25, 0.3) is 0 Å². The molecule has 4 nitrogen and oxygen atoms in total. The molecule has 1 unspecified atom stereocenters. The summed E-state index contributed by atoms with van der Waals surface area (Å²) >= 11 is 0. The first kappa shape index (κ1) is 18.2. The number of ether oxygens (including phenoxy) is 1. The van der Waals surface area contributed by atoms with Crippen molar-refractivity contribution in [2.75, 3.05) is 13.2 Å². The van der Waals surface area contributed by atoms with Crippen LogP contribution >= 0.6 is 0 Å². The Labute approximate surface area is 154 Å². The average Bonchev–Trinajstić information content (AvgIpc) is 3.15. The van der Waals surface area contributed by atoms with Gasteiger partial charge in [-0.2, -0.15) is 0 Å². The Kier molecular flexibility index (Phi) is 6.47. The fourth-order valence-corrected chi connectivity index (χ4v) is 3.05. The number of aliphatic hydroxyl groups is 1. The Bertz CT molecular complexity index is 771. The molecule has 1 aromatic heterocycles. The maximum atomic E-state index is 10.5. The van der Waals surface area contributed by atoms with E-state index in [0.717, 1.165) is 30.2 Å². The van der Waals surface area contributed by atoms with Crippen molar-refractivity contribution in [2.45, 2.75) is 26.1 Å². The number of benzene rings is 2. The minimum Gasteiger partial charge on any atom is -0.490 e. The number of nitrogens with one attached hydrogen (secondary N) is 1. The van der Waals surface area contributed by atoms with Crippen molar-refractivity contribution in [1.29, 1.82) is 0 Å². The van der Waals surface area contributed by atoms with E-state index in [4.69, 9.17) is 9.15 Å². The third-order valence-electron chi connectivity index (χ3n) is 4.35. The van der Waals surface area contributed by atoms with Crippen LogP contribution in [0.5, 0.6) is 5.75 Å². The van der Waals surface area contributed by atoms with Crippen LogP contribution in [0, 0.1) is 6.92 Å². The molecule has 0 saturated heterocycles. The van der Waals surface area contributed by atoms with Crippen LogP contribution in [-0.2, 0) is 13.1 Å². The van der Waals surface area contributed by atoms with Gasteiger partial charge in [0.2, 0.25) is 0 Å². The third kappa shape index (κ3) is 5.48. The molecule has 3 aromatic rings. The van der Waals surface area contributed by atoms with Gasteiger partial charge < -0.3 is 19.2 Å². The quantitative estimate of drug-likeness (QED) is 0.622.